The van der Waals surface area contributed by atoms with Crippen LogP contribution in [0.4, 0.5) is 0 Å². The number of benzene rings is 1. The Kier molecular flexibility index (Phi) is 4.21. The molecule has 3 nitrogen and oxygen atoms in total. The van der Waals surface area contributed by atoms with Crippen LogP contribution in [0.2, 0.25) is 0 Å². The largest absolute Gasteiger partial charge is 0.508 e. The maximum atomic E-state index is 9.89. The van der Waals surface area contributed by atoms with Gasteiger partial charge < -0.3 is 9.84 Å². The summed E-state index contributed by atoms with van der Waals surface area (Å²) in [5.41, 5.74) is 2.97. The topological polar surface area (TPSA) is 32.7 Å². The molecule has 122 valence electrons. The number of hydrogen-bond donors (Lipinski definition) is 1. The minimum Gasteiger partial charge on any atom is -0.508 e. The highest BCUT2D eigenvalue weighted by Crippen LogP contribution is 2.49. The van der Waals surface area contributed by atoms with Gasteiger partial charge in [-0.1, -0.05) is 26.8 Å². The van der Waals surface area contributed by atoms with Crippen LogP contribution in [0.1, 0.15) is 44.7 Å². The van der Waals surface area contributed by atoms with Crippen LogP contribution in [0, 0.1) is 5.92 Å². The number of ether oxygens (including phenoxy) is 1. The fourth-order valence-corrected chi connectivity index (χ4v) is 4.55. The number of piperidine rings is 1. The van der Waals surface area contributed by atoms with Gasteiger partial charge in [0.1, 0.15) is 5.75 Å². The molecule has 1 fully saturated rings. The average molecular weight is 303 g/mol. The zero-order valence-corrected chi connectivity index (χ0v) is 14.3. The van der Waals surface area contributed by atoms with E-state index in [0.29, 0.717) is 23.8 Å². The quantitative estimate of drug-likeness (QED) is 0.926. The van der Waals surface area contributed by atoms with Crippen LogP contribution in [-0.2, 0) is 16.6 Å². The van der Waals surface area contributed by atoms with E-state index in [1.807, 2.05) is 19.2 Å². The first kappa shape index (κ1) is 15.8. The Hall–Kier alpha value is -1.06. The van der Waals surface area contributed by atoms with Gasteiger partial charge >= 0.3 is 0 Å². The van der Waals surface area contributed by atoms with Gasteiger partial charge in [0.25, 0.3) is 0 Å². The number of nitrogens with zero attached hydrogens (tertiary/aromatic N) is 1. The van der Waals surface area contributed by atoms with Crippen molar-refractivity contribution >= 4 is 0 Å². The van der Waals surface area contributed by atoms with Crippen molar-refractivity contribution in [2.45, 2.75) is 57.6 Å². The van der Waals surface area contributed by atoms with Crippen molar-refractivity contribution in [1.29, 1.82) is 0 Å². The van der Waals surface area contributed by atoms with Gasteiger partial charge in [-0.25, -0.2) is 0 Å². The summed E-state index contributed by atoms with van der Waals surface area (Å²) in [6.45, 7) is 9.13. The molecule has 22 heavy (non-hydrogen) atoms. The highest BCUT2D eigenvalue weighted by atomic mass is 16.5. The van der Waals surface area contributed by atoms with Crippen molar-refractivity contribution in [1.82, 2.24) is 4.90 Å². The predicted octanol–water partition coefficient (Wildman–Crippen LogP) is 3.34. The van der Waals surface area contributed by atoms with Crippen LogP contribution in [0.5, 0.6) is 5.75 Å². The summed E-state index contributed by atoms with van der Waals surface area (Å²) in [6.07, 6.45) is 3.64. The third-order valence-corrected chi connectivity index (χ3v) is 6.33. The van der Waals surface area contributed by atoms with E-state index in [1.165, 1.54) is 11.1 Å². The summed E-state index contributed by atoms with van der Waals surface area (Å²) in [7, 11) is 1.82. The lowest BCUT2D eigenvalue weighted by Gasteiger charge is -2.55. The van der Waals surface area contributed by atoms with Crippen molar-refractivity contribution in [3.63, 3.8) is 0 Å². The number of phenolic OH excluding ortho intramolecular Hbond substituents is 1. The lowest BCUT2D eigenvalue weighted by atomic mass is 9.59. The molecule has 0 spiro atoms. The highest BCUT2D eigenvalue weighted by molar-refractivity contribution is 5.44. The second kappa shape index (κ2) is 5.86. The third kappa shape index (κ3) is 2.44. The molecular weight excluding hydrogens is 274 g/mol. The van der Waals surface area contributed by atoms with Crippen molar-refractivity contribution in [2.24, 2.45) is 5.92 Å². The van der Waals surface area contributed by atoms with Crippen LogP contribution in [-0.4, -0.2) is 42.4 Å². The van der Waals surface area contributed by atoms with Crippen molar-refractivity contribution in [3.8, 4) is 5.75 Å². The Bertz CT molecular complexity index is 540. The first-order valence-corrected chi connectivity index (χ1v) is 8.58. The van der Waals surface area contributed by atoms with Crippen LogP contribution in [0.25, 0.3) is 0 Å². The summed E-state index contributed by atoms with van der Waals surface area (Å²) in [5.74, 6) is 1.00. The molecule has 2 bridgehead atoms. The predicted molar refractivity (Wildman–Crippen MR) is 89.4 cm³/mol. The molecule has 0 radical (unpaired) electrons. The van der Waals surface area contributed by atoms with Crippen molar-refractivity contribution < 1.29 is 9.84 Å². The molecule has 0 aromatic heterocycles. The average Bonchev–Trinajstić information content (AvgIpc) is 2.51. The summed E-state index contributed by atoms with van der Waals surface area (Å²) in [6, 6.07) is 6.54. The molecule has 3 heteroatoms. The molecule has 1 heterocycles. The van der Waals surface area contributed by atoms with Crippen LogP contribution < -0.4 is 0 Å². The van der Waals surface area contributed by atoms with Gasteiger partial charge in [-0.05, 0) is 60.4 Å². The summed E-state index contributed by atoms with van der Waals surface area (Å²) < 4.78 is 5.61. The normalized spacial score (nSPS) is 32.5. The molecule has 1 aromatic rings. The second-order valence-electron chi connectivity index (χ2n) is 7.33. The van der Waals surface area contributed by atoms with E-state index < -0.39 is 0 Å². The van der Waals surface area contributed by atoms with Gasteiger partial charge in [-0.2, -0.15) is 0 Å². The molecule has 1 aliphatic carbocycles. The molecule has 1 aliphatic heterocycles. The number of likely N-dealkylation sites (tertiary alicyclic amines) is 1. The third-order valence-electron chi connectivity index (χ3n) is 6.33. The van der Waals surface area contributed by atoms with E-state index in [2.05, 4.69) is 31.7 Å². The zero-order valence-electron chi connectivity index (χ0n) is 14.3. The Morgan fingerprint density at radius 1 is 1.45 bits per heavy atom. The maximum absolute atomic E-state index is 9.89. The van der Waals surface area contributed by atoms with E-state index >= 15 is 0 Å². The summed E-state index contributed by atoms with van der Waals surface area (Å²) >= 11 is 0. The SMILES string of the molecule is CC[C@@H](CN1CC[C@@]2(C)c3cc(O)ccc3C[C@@H]1[C@H]2C)OC. The van der Waals surface area contributed by atoms with E-state index in [0.717, 1.165) is 32.4 Å². The molecule has 3 rings (SSSR count). The molecule has 0 saturated carbocycles. The Balaban J connectivity index is 1.91. The van der Waals surface area contributed by atoms with Crippen molar-refractivity contribution in [2.75, 3.05) is 20.2 Å². The Labute approximate surface area is 134 Å². The van der Waals surface area contributed by atoms with Gasteiger partial charge in [0.15, 0.2) is 0 Å². The molecule has 1 saturated heterocycles. The minimum atomic E-state index is 0.183. The standard InChI is InChI=1S/C19H29NO2/c1-5-16(22-4)12-20-9-8-19(3)13(2)18(20)10-14-6-7-15(21)11-17(14)19/h6-7,11,13,16,18,21H,5,8-10,12H2,1-4H3/t13-,16+,18-,19-/m1/s1. The minimum absolute atomic E-state index is 0.183. The number of phenols is 1. The molecule has 4 atom stereocenters. The van der Waals surface area contributed by atoms with Gasteiger partial charge in [0, 0.05) is 19.7 Å². The summed E-state index contributed by atoms with van der Waals surface area (Å²) in [5, 5.41) is 9.89. The van der Waals surface area contributed by atoms with Gasteiger partial charge in [0.2, 0.25) is 0 Å². The maximum Gasteiger partial charge on any atom is 0.115 e. The number of methoxy groups -OCH3 is 1. The van der Waals surface area contributed by atoms with E-state index in [9.17, 15) is 5.11 Å². The van der Waals surface area contributed by atoms with E-state index in [1.54, 1.807) is 0 Å². The number of hydrogen-bond acceptors (Lipinski definition) is 3. The lowest BCUT2D eigenvalue weighted by molar-refractivity contribution is -0.0123. The lowest BCUT2D eigenvalue weighted by Crippen LogP contribution is -2.59. The molecular formula is C19H29NO2. The molecule has 1 aromatic carbocycles. The fourth-order valence-electron chi connectivity index (χ4n) is 4.55. The smallest absolute Gasteiger partial charge is 0.115 e. The monoisotopic (exact) mass is 303 g/mol. The Morgan fingerprint density at radius 3 is 2.91 bits per heavy atom. The first-order valence-electron chi connectivity index (χ1n) is 8.58. The molecule has 1 N–H and O–H groups in total. The zero-order chi connectivity index (χ0) is 15.9. The highest BCUT2D eigenvalue weighted by Gasteiger charge is 2.48. The number of fused-ring (bicyclic) bond motifs is 4. The van der Waals surface area contributed by atoms with E-state index in [-0.39, 0.29) is 5.41 Å². The van der Waals surface area contributed by atoms with Gasteiger partial charge in [0.05, 0.1) is 6.10 Å². The number of aromatic hydroxyl groups is 1. The Morgan fingerprint density at radius 2 is 2.23 bits per heavy atom. The summed E-state index contributed by atoms with van der Waals surface area (Å²) in [4.78, 5) is 2.64. The van der Waals surface area contributed by atoms with E-state index in [4.69, 9.17) is 4.74 Å². The van der Waals surface area contributed by atoms with Gasteiger partial charge in [-0.3, -0.25) is 4.90 Å². The number of rotatable bonds is 4. The molecule has 2 aliphatic rings. The second-order valence-corrected chi connectivity index (χ2v) is 7.33. The molecule has 0 amide bonds. The van der Waals surface area contributed by atoms with Crippen LogP contribution >= 0.6 is 0 Å². The molecule has 0 unspecified atom stereocenters. The van der Waals surface area contributed by atoms with Crippen LogP contribution in [0.3, 0.4) is 0 Å². The van der Waals surface area contributed by atoms with Crippen LogP contribution in [0.15, 0.2) is 18.2 Å². The van der Waals surface area contributed by atoms with Gasteiger partial charge in [-0.15, -0.1) is 0 Å². The fraction of sp³-hybridized carbons (Fsp3) is 0.684. The van der Waals surface area contributed by atoms with Crippen molar-refractivity contribution in [3.05, 3.63) is 29.3 Å². The first-order chi connectivity index (χ1) is 10.5.